The predicted octanol–water partition coefficient (Wildman–Crippen LogP) is 9.11. The number of para-hydroxylation sites is 6. The number of benzene rings is 9. The molecule has 0 N–H and O–H groups in total. The summed E-state index contributed by atoms with van der Waals surface area (Å²) in [7, 11) is 0. The zero-order valence-electron chi connectivity index (χ0n) is 32.4. The Morgan fingerprint density at radius 3 is 1.05 bits per heavy atom. The molecule has 6 heteroatoms. The van der Waals surface area contributed by atoms with Gasteiger partial charge in [-0.3, -0.25) is 0 Å². The number of rotatable bonds is 2. The van der Waals surface area contributed by atoms with Crippen LogP contribution in [0.15, 0.2) is 194 Å². The van der Waals surface area contributed by atoms with E-state index in [1.54, 1.807) is 0 Å². The van der Waals surface area contributed by atoms with Crippen molar-refractivity contribution in [3.8, 4) is 11.4 Å². The normalized spacial score (nSPS) is 13.9. The minimum absolute atomic E-state index is 0.119. The summed E-state index contributed by atoms with van der Waals surface area (Å²) in [4.78, 5) is 4.96. The van der Waals surface area contributed by atoms with E-state index in [0.29, 0.717) is 0 Å². The van der Waals surface area contributed by atoms with Crippen molar-refractivity contribution in [3.63, 3.8) is 0 Å². The molecule has 0 unspecified atom stereocenters. The van der Waals surface area contributed by atoms with E-state index in [1.165, 1.54) is 122 Å². The number of hydrogen-bond donors (Lipinski definition) is 0. The van der Waals surface area contributed by atoms with Gasteiger partial charge in [0.05, 0.1) is 22.1 Å². The lowest BCUT2D eigenvalue weighted by Crippen LogP contribution is -2.60. The molecule has 0 saturated carbocycles. The second kappa shape index (κ2) is 11.1. The molecule has 6 heterocycles. The third kappa shape index (κ3) is 3.68. The van der Waals surface area contributed by atoms with Crippen LogP contribution in [0.3, 0.4) is 0 Å². The number of hydrogen-bond acceptors (Lipinski definition) is 2. The quantitative estimate of drug-likeness (QED) is 0.164. The molecule has 0 aliphatic carbocycles. The molecule has 4 aliphatic heterocycles. The highest BCUT2D eigenvalue weighted by molar-refractivity contribution is 7.01. The monoisotopic (exact) mass is 758 g/mol. The van der Waals surface area contributed by atoms with Gasteiger partial charge in [-0.2, -0.15) is 0 Å². The molecule has 15 rings (SSSR count). The first kappa shape index (κ1) is 31.3. The maximum atomic E-state index is 2.59. The van der Waals surface area contributed by atoms with Gasteiger partial charge in [0, 0.05) is 67.0 Å². The lowest BCUT2D eigenvalue weighted by molar-refractivity contribution is 1.18. The highest BCUT2D eigenvalue weighted by Crippen LogP contribution is 2.46. The van der Waals surface area contributed by atoms with Gasteiger partial charge < -0.3 is 18.9 Å². The fourth-order valence-corrected chi connectivity index (χ4v) is 11.9. The second-order valence-corrected chi connectivity index (χ2v) is 16.8. The summed E-state index contributed by atoms with van der Waals surface area (Å²) in [5, 5.41) is 5.15. The summed E-state index contributed by atoms with van der Waals surface area (Å²) in [5.74, 6) is 0. The van der Waals surface area contributed by atoms with Gasteiger partial charge in [-0.25, -0.2) is 0 Å². The molecule has 0 atom stereocenters. The number of anilines is 6. The second-order valence-electron chi connectivity index (χ2n) is 16.8. The average Bonchev–Trinajstić information content (AvgIpc) is 3.82. The number of fused-ring (bicyclic) bond motifs is 16. The Balaban J connectivity index is 1.08. The van der Waals surface area contributed by atoms with Gasteiger partial charge in [-0.15, -0.1) is 0 Å². The first-order valence-corrected chi connectivity index (χ1v) is 21.0. The van der Waals surface area contributed by atoms with Crippen molar-refractivity contribution < 1.29 is 0 Å². The SMILES string of the molecule is c1ccc(N2c3ccccc3B3c4ccccc4-n4c5cc6c7ccc8c9c7n(c6cc5c5ccc2c3c54)-c2ccccc2B9c2ccccc2N8c2ccccc2)cc1. The van der Waals surface area contributed by atoms with Gasteiger partial charge in [0.2, 0.25) is 0 Å². The lowest BCUT2D eigenvalue weighted by Gasteiger charge is -2.39. The molecule has 0 saturated heterocycles. The van der Waals surface area contributed by atoms with Crippen LogP contribution in [0, 0.1) is 0 Å². The molecule has 4 aliphatic rings. The molecule has 0 bridgehead atoms. The van der Waals surface area contributed by atoms with Crippen LogP contribution in [-0.2, 0) is 0 Å². The van der Waals surface area contributed by atoms with E-state index in [0.717, 1.165) is 0 Å². The van der Waals surface area contributed by atoms with E-state index < -0.39 is 0 Å². The van der Waals surface area contributed by atoms with Crippen molar-refractivity contribution in [2.75, 3.05) is 9.80 Å². The van der Waals surface area contributed by atoms with Crippen LogP contribution in [0.4, 0.5) is 34.1 Å². The Bertz CT molecular complexity index is 3450. The Morgan fingerprint density at radius 1 is 0.283 bits per heavy atom. The largest absolute Gasteiger partial charge is 0.311 e. The van der Waals surface area contributed by atoms with E-state index in [2.05, 4.69) is 213 Å². The summed E-state index contributed by atoms with van der Waals surface area (Å²) in [6.07, 6.45) is 0. The summed E-state index contributed by atoms with van der Waals surface area (Å²) in [6, 6.07) is 72.7. The standard InChI is InChI=1S/C54H32B2N4/c1-3-15-33(16-4-1)57-43-23-11-7-19-39(43)55-41-21-9-13-25-45(41)59-49-32-38-36-28-30-48-52-54(36)60(50(38)31-37(49)35-27-29-47(57)51(55)53(35)59)46-26-14-10-22-42(46)56(52)40-20-8-12-24-44(40)58(48)34-17-5-2-6-18-34/h1-32H. The smallest absolute Gasteiger partial charge is 0.252 e. The van der Waals surface area contributed by atoms with Crippen LogP contribution in [0.5, 0.6) is 0 Å². The van der Waals surface area contributed by atoms with Gasteiger partial charge in [0.15, 0.2) is 0 Å². The van der Waals surface area contributed by atoms with Gasteiger partial charge >= 0.3 is 0 Å². The number of nitrogens with zero attached hydrogens (tertiary/aromatic N) is 4. The Morgan fingerprint density at radius 2 is 0.633 bits per heavy atom. The molecular formula is C54H32B2N4. The Hall–Kier alpha value is -7.69. The molecule has 2 aromatic heterocycles. The van der Waals surface area contributed by atoms with Gasteiger partial charge in [0.1, 0.15) is 0 Å². The molecule has 274 valence electrons. The third-order valence-corrected chi connectivity index (χ3v) is 14.1. The predicted molar refractivity (Wildman–Crippen MR) is 254 cm³/mol. The molecule has 9 aromatic carbocycles. The molecule has 0 radical (unpaired) electrons. The Kier molecular flexibility index (Phi) is 5.78. The summed E-state index contributed by atoms with van der Waals surface area (Å²) < 4.78 is 5.19. The fourth-order valence-electron chi connectivity index (χ4n) is 11.9. The first-order valence-electron chi connectivity index (χ1n) is 21.0. The molecule has 60 heavy (non-hydrogen) atoms. The van der Waals surface area contributed by atoms with E-state index >= 15 is 0 Å². The van der Waals surface area contributed by atoms with E-state index in [1.807, 2.05) is 0 Å². The van der Waals surface area contributed by atoms with Crippen LogP contribution in [0.2, 0.25) is 0 Å². The van der Waals surface area contributed by atoms with Crippen molar-refractivity contribution in [3.05, 3.63) is 194 Å². The zero-order valence-corrected chi connectivity index (χ0v) is 32.4. The van der Waals surface area contributed by atoms with Crippen LogP contribution < -0.4 is 42.6 Å². The maximum absolute atomic E-state index is 2.59. The van der Waals surface area contributed by atoms with E-state index in [9.17, 15) is 0 Å². The molecule has 0 amide bonds. The Labute approximate surface area is 346 Å². The summed E-state index contributed by atoms with van der Waals surface area (Å²) >= 11 is 0. The molecule has 0 fully saturated rings. The minimum atomic E-state index is 0.119. The lowest BCUT2D eigenvalue weighted by atomic mass is 9.34. The topological polar surface area (TPSA) is 16.3 Å². The molecule has 4 nitrogen and oxygen atoms in total. The van der Waals surface area contributed by atoms with Crippen LogP contribution in [0.1, 0.15) is 0 Å². The van der Waals surface area contributed by atoms with Crippen molar-refractivity contribution >= 4 is 124 Å². The van der Waals surface area contributed by atoms with Crippen LogP contribution in [0.25, 0.3) is 55.0 Å². The van der Waals surface area contributed by atoms with Gasteiger partial charge in [0.25, 0.3) is 13.4 Å². The first-order chi connectivity index (χ1) is 29.8. The molecule has 11 aromatic rings. The van der Waals surface area contributed by atoms with Gasteiger partial charge in [-0.05, 0) is 106 Å². The van der Waals surface area contributed by atoms with Crippen LogP contribution in [-0.4, -0.2) is 22.6 Å². The van der Waals surface area contributed by atoms with Gasteiger partial charge in [-0.1, -0.05) is 121 Å². The minimum Gasteiger partial charge on any atom is -0.311 e. The molecule has 0 spiro atoms. The molecular weight excluding hydrogens is 726 g/mol. The van der Waals surface area contributed by atoms with Crippen LogP contribution >= 0.6 is 0 Å². The summed E-state index contributed by atoms with van der Waals surface area (Å²) in [5.41, 5.74) is 23.1. The van der Waals surface area contributed by atoms with E-state index in [4.69, 9.17) is 0 Å². The van der Waals surface area contributed by atoms with Crippen molar-refractivity contribution in [1.82, 2.24) is 9.13 Å². The summed E-state index contributed by atoms with van der Waals surface area (Å²) in [6.45, 7) is 0.238. The fraction of sp³-hybridized carbons (Fsp3) is 0. The highest BCUT2D eigenvalue weighted by atomic mass is 15.2. The third-order valence-electron chi connectivity index (χ3n) is 14.1. The van der Waals surface area contributed by atoms with Crippen molar-refractivity contribution in [2.24, 2.45) is 0 Å². The van der Waals surface area contributed by atoms with Crippen molar-refractivity contribution in [1.29, 1.82) is 0 Å². The van der Waals surface area contributed by atoms with E-state index in [-0.39, 0.29) is 13.4 Å². The number of aromatic nitrogens is 2. The maximum Gasteiger partial charge on any atom is 0.252 e. The highest BCUT2D eigenvalue weighted by Gasteiger charge is 2.44. The van der Waals surface area contributed by atoms with Crippen molar-refractivity contribution in [2.45, 2.75) is 0 Å². The average molecular weight is 759 g/mol. The zero-order chi connectivity index (χ0) is 38.8.